The first kappa shape index (κ1) is 18.6. The molecule has 0 amide bonds. The fourth-order valence-electron chi connectivity index (χ4n) is 1.60. The molecule has 0 unspecified atom stereocenters. The smallest absolute Gasteiger partial charge is 0.360 e. The van der Waals surface area contributed by atoms with E-state index in [1.54, 1.807) is 13.8 Å². The third-order valence-electron chi connectivity index (χ3n) is 2.95. The average molecular weight is 335 g/mol. The quantitative estimate of drug-likeness (QED) is 0.317. The van der Waals surface area contributed by atoms with Crippen LogP contribution in [-0.4, -0.2) is 29.1 Å². The van der Waals surface area contributed by atoms with Gasteiger partial charge in [0.2, 0.25) is 0 Å². The molecule has 0 aliphatic carbocycles. The van der Waals surface area contributed by atoms with Gasteiger partial charge in [-0.25, -0.2) is 4.79 Å². The number of thiocarbonyl (C=S) groups is 1. The van der Waals surface area contributed by atoms with Crippen LogP contribution in [0.3, 0.4) is 0 Å². The van der Waals surface area contributed by atoms with Crippen molar-refractivity contribution in [1.82, 2.24) is 5.43 Å². The summed E-state index contributed by atoms with van der Waals surface area (Å²) < 4.78 is 4.98. The van der Waals surface area contributed by atoms with Crippen LogP contribution in [0, 0.1) is 13.8 Å². The Balaban J connectivity index is 3.02. The maximum Gasteiger partial charge on any atom is 0.360 e. The van der Waals surface area contributed by atoms with Crippen molar-refractivity contribution in [3.8, 4) is 0 Å². The third kappa shape index (κ3) is 6.03. The molecule has 0 aliphatic heterocycles. The number of rotatable bonds is 6. The highest BCUT2D eigenvalue weighted by Crippen LogP contribution is 2.14. The van der Waals surface area contributed by atoms with Crippen molar-refractivity contribution < 1.29 is 9.53 Å². The van der Waals surface area contributed by atoms with Crippen LogP contribution in [0.15, 0.2) is 28.4 Å². The number of hydrazone groups is 2. The molecule has 1 aromatic carbocycles. The van der Waals surface area contributed by atoms with Crippen LogP contribution in [0.5, 0.6) is 0 Å². The van der Waals surface area contributed by atoms with E-state index in [4.69, 9.17) is 10.5 Å². The van der Waals surface area contributed by atoms with Gasteiger partial charge in [0.05, 0.1) is 18.0 Å². The molecule has 23 heavy (non-hydrogen) atoms. The summed E-state index contributed by atoms with van der Waals surface area (Å²) in [7, 11) is 0. The fraction of sp³-hybridized carbons (Fsp3) is 0.333. The predicted molar refractivity (Wildman–Crippen MR) is 96.6 cm³/mol. The van der Waals surface area contributed by atoms with E-state index in [9.17, 15) is 4.79 Å². The molecule has 0 spiro atoms. The molecule has 4 N–H and O–H groups in total. The van der Waals surface area contributed by atoms with Gasteiger partial charge in [0.15, 0.2) is 10.8 Å². The minimum absolute atomic E-state index is 0.00493. The van der Waals surface area contributed by atoms with Crippen LogP contribution in [0.1, 0.15) is 25.0 Å². The Kier molecular flexibility index (Phi) is 7.14. The van der Waals surface area contributed by atoms with Crippen LogP contribution >= 0.6 is 12.2 Å². The molecule has 8 heteroatoms. The van der Waals surface area contributed by atoms with E-state index >= 15 is 0 Å². The summed E-state index contributed by atoms with van der Waals surface area (Å²) in [6.45, 7) is 7.56. The average Bonchev–Trinajstić information content (AvgIpc) is 2.49. The first-order valence-corrected chi connectivity index (χ1v) is 7.44. The Labute approximate surface area is 141 Å². The molecule has 0 saturated heterocycles. The van der Waals surface area contributed by atoms with Crippen molar-refractivity contribution in [3.63, 3.8) is 0 Å². The number of nitrogens with zero attached hydrogens (tertiary/aromatic N) is 2. The van der Waals surface area contributed by atoms with E-state index in [1.165, 1.54) is 5.56 Å². The van der Waals surface area contributed by atoms with Gasteiger partial charge in [-0.3, -0.25) is 10.9 Å². The van der Waals surface area contributed by atoms with Gasteiger partial charge in [0.25, 0.3) is 0 Å². The van der Waals surface area contributed by atoms with Crippen molar-refractivity contribution >= 4 is 40.4 Å². The summed E-state index contributed by atoms with van der Waals surface area (Å²) in [5.74, 6) is -0.588. The van der Waals surface area contributed by atoms with Gasteiger partial charge in [-0.05, 0) is 63.2 Å². The molecule has 0 radical (unpaired) electrons. The minimum Gasteiger partial charge on any atom is -0.461 e. The summed E-state index contributed by atoms with van der Waals surface area (Å²) in [5.41, 5.74) is 13.9. The number of aryl methyl sites for hydroxylation is 2. The number of hydrogen-bond acceptors (Lipinski definition) is 6. The van der Waals surface area contributed by atoms with Crippen molar-refractivity contribution in [2.75, 3.05) is 12.0 Å². The molecule has 0 aromatic heterocycles. The number of benzene rings is 1. The summed E-state index contributed by atoms with van der Waals surface area (Å²) in [4.78, 5) is 12.0. The summed E-state index contributed by atoms with van der Waals surface area (Å²) in [6.07, 6.45) is 0. The highest BCUT2D eigenvalue weighted by atomic mass is 32.1. The van der Waals surface area contributed by atoms with Crippen LogP contribution < -0.4 is 16.6 Å². The second-order valence-electron chi connectivity index (χ2n) is 4.76. The lowest BCUT2D eigenvalue weighted by Crippen LogP contribution is -2.30. The number of carbonyl (C=O) groups is 1. The van der Waals surface area contributed by atoms with Gasteiger partial charge in [0, 0.05) is 0 Å². The van der Waals surface area contributed by atoms with Crippen LogP contribution in [0.25, 0.3) is 0 Å². The van der Waals surface area contributed by atoms with E-state index < -0.39 is 5.97 Å². The van der Waals surface area contributed by atoms with E-state index in [0.29, 0.717) is 5.71 Å². The van der Waals surface area contributed by atoms with Crippen molar-refractivity contribution in [3.05, 3.63) is 29.3 Å². The molecule has 1 aromatic rings. The maximum atomic E-state index is 12.0. The van der Waals surface area contributed by atoms with Gasteiger partial charge in [0.1, 0.15) is 0 Å². The summed E-state index contributed by atoms with van der Waals surface area (Å²) in [6, 6.07) is 5.77. The molecule has 0 bridgehead atoms. The van der Waals surface area contributed by atoms with Crippen molar-refractivity contribution in [2.24, 2.45) is 15.9 Å². The van der Waals surface area contributed by atoms with Gasteiger partial charge in [-0.2, -0.15) is 10.2 Å². The summed E-state index contributed by atoms with van der Waals surface area (Å²) >= 11 is 4.67. The SMILES string of the molecule is CCOC(=O)/C(=N\Nc1ccc(C)c(C)c1)C(C)=NNC(N)=S. The number of carbonyl (C=O) groups excluding carboxylic acids is 1. The molecule has 7 nitrogen and oxygen atoms in total. The van der Waals surface area contributed by atoms with Crippen molar-refractivity contribution in [2.45, 2.75) is 27.7 Å². The van der Waals surface area contributed by atoms with E-state index in [2.05, 4.69) is 33.3 Å². The number of nitrogens with one attached hydrogen (secondary N) is 2. The van der Waals surface area contributed by atoms with Crippen LogP contribution in [0.4, 0.5) is 5.69 Å². The lowest BCUT2D eigenvalue weighted by atomic mass is 10.1. The van der Waals surface area contributed by atoms with Crippen LogP contribution in [0.2, 0.25) is 0 Å². The molecule has 0 atom stereocenters. The largest absolute Gasteiger partial charge is 0.461 e. The number of nitrogens with two attached hydrogens (primary N) is 1. The highest BCUT2D eigenvalue weighted by molar-refractivity contribution is 7.80. The Morgan fingerprint density at radius 3 is 2.57 bits per heavy atom. The maximum absolute atomic E-state index is 12.0. The van der Waals surface area contributed by atoms with E-state index in [0.717, 1.165) is 11.3 Å². The zero-order valence-corrected chi connectivity index (χ0v) is 14.5. The molecular weight excluding hydrogens is 314 g/mol. The minimum atomic E-state index is -0.588. The number of ether oxygens (including phenoxy) is 1. The molecule has 124 valence electrons. The topological polar surface area (TPSA) is 101 Å². The van der Waals surface area contributed by atoms with Gasteiger partial charge < -0.3 is 10.5 Å². The van der Waals surface area contributed by atoms with Gasteiger partial charge >= 0.3 is 5.97 Å². The Hall–Kier alpha value is -2.48. The Morgan fingerprint density at radius 2 is 2.00 bits per heavy atom. The van der Waals surface area contributed by atoms with Gasteiger partial charge in [-0.1, -0.05) is 6.07 Å². The summed E-state index contributed by atoms with van der Waals surface area (Å²) in [5, 5.41) is 7.99. The standard InChI is InChI=1S/C15H21N5O2S/c1-5-22-14(21)13(11(4)17-20-15(16)23)19-18-12-7-6-9(2)10(3)8-12/h6-8,18H,5H2,1-4H3,(H3,16,20,23)/b17-11?,19-13-. The lowest BCUT2D eigenvalue weighted by molar-refractivity contribution is -0.134. The first-order valence-electron chi connectivity index (χ1n) is 7.03. The molecular formula is C15H21N5O2S. The number of anilines is 1. The Bertz CT molecular complexity index is 655. The molecule has 0 aliphatic rings. The first-order chi connectivity index (χ1) is 10.8. The number of hydrogen-bond donors (Lipinski definition) is 3. The Morgan fingerprint density at radius 1 is 1.30 bits per heavy atom. The molecule has 0 saturated carbocycles. The normalized spacial score (nSPS) is 11.8. The monoisotopic (exact) mass is 335 g/mol. The van der Waals surface area contributed by atoms with E-state index in [-0.39, 0.29) is 17.4 Å². The zero-order valence-electron chi connectivity index (χ0n) is 13.6. The second kappa shape index (κ2) is 8.84. The lowest BCUT2D eigenvalue weighted by Gasteiger charge is -2.08. The van der Waals surface area contributed by atoms with Gasteiger partial charge in [-0.15, -0.1) is 0 Å². The van der Waals surface area contributed by atoms with E-state index in [1.807, 2.05) is 32.0 Å². The second-order valence-corrected chi connectivity index (χ2v) is 5.20. The molecule has 1 rings (SSSR count). The predicted octanol–water partition coefficient (Wildman–Crippen LogP) is 1.84. The fourth-order valence-corrected chi connectivity index (χ4v) is 1.64. The zero-order chi connectivity index (χ0) is 17.4. The van der Waals surface area contributed by atoms with Crippen molar-refractivity contribution in [1.29, 1.82) is 0 Å². The number of esters is 1. The highest BCUT2D eigenvalue weighted by Gasteiger charge is 2.17. The van der Waals surface area contributed by atoms with Crippen LogP contribution in [-0.2, 0) is 9.53 Å². The molecule has 0 heterocycles. The molecule has 0 fully saturated rings. The third-order valence-corrected chi connectivity index (χ3v) is 3.04.